The Morgan fingerprint density at radius 3 is 2.67 bits per heavy atom. The fourth-order valence-corrected chi connectivity index (χ4v) is 4.04. The molecule has 1 aliphatic rings. The van der Waals surface area contributed by atoms with Gasteiger partial charge in [-0.25, -0.2) is 0 Å². The van der Waals surface area contributed by atoms with E-state index >= 15 is 0 Å². The van der Waals surface area contributed by atoms with Gasteiger partial charge in [0.1, 0.15) is 10.1 Å². The van der Waals surface area contributed by atoms with Crippen LogP contribution < -0.4 is 10.9 Å². The zero-order valence-corrected chi connectivity index (χ0v) is 17.8. The third-order valence-electron chi connectivity index (χ3n) is 4.05. The molecule has 7 nitrogen and oxygen atoms in total. The number of thioether (sulfide) groups is 1. The van der Waals surface area contributed by atoms with Crippen LogP contribution in [0.2, 0.25) is 5.02 Å². The normalized spacial score (nSPS) is 14.8. The number of aromatic hydroxyl groups is 1. The SMILES string of the molecule is O=C(CCN1C(=O)C(=Cc2ccccc2Cl)SC1=S)NNC(=O)c1cccc(O)c1. The third kappa shape index (κ3) is 5.38. The van der Waals surface area contributed by atoms with Gasteiger partial charge in [0.25, 0.3) is 11.8 Å². The van der Waals surface area contributed by atoms with Gasteiger partial charge in [-0.15, -0.1) is 0 Å². The van der Waals surface area contributed by atoms with Crippen molar-refractivity contribution >= 4 is 63.7 Å². The molecule has 3 rings (SSSR count). The third-order valence-corrected chi connectivity index (χ3v) is 5.77. The molecule has 3 N–H and O–H groups in total. The highest BCUT2D eigenvalue weighted by atomic mass is 35.5. The highest BCUT2D eigenvalue weighted by Crippen LogP contribution is 2.33. The van der Waals surface area contributed by atoms with E-state index in [4.69, 9.17) is 23.8 Å². The highest BCUT2D eigenvalue weighted by Gasteiger charge is 2.32. The minimum absolute atomic E-state index is 0.0619. The molecule has 10 heteroatoms. The number of amides is 3. The topological polar surface area (TPSA) is 98.7 Å². The Morgan fingerprint density at radius 1 is 1.17 bits per heavy atom. The van der Waals surface area contributed by atoms with Crippen molar-refractivity contribution in [1.29, 1.82) is 0 Å². The number of thiocarbonyl (C=S) groups is 1. The Balaban J connectivity index is 1.53. The van der Waals surface area contributed by atoms with Crippen LogP contribution in [-0.4, -0.2) is 38.6 Å². The lowest BCUT2D eigenvalue weighted by Crippen LogP contribution is -2.43. The molecular formula is C20H16ClN3O4S2. The molecule has 0 radical (unpaired) electrons. The van der Waals surface area contributed by atoms with Crippen molar-refractivity contribution in [1.82, 2.24) is 15.8 Å². The summed E-state index contributed by atoms with van der Waals surface area (Å²) in [6, 6.07) is 12.8. The lowest BCUT2D eigenvalue weighted by molar-refractivity contribution is -0.124. The van der Waals surface area contributed by atoms with Crippen molar-refractivity contribution < 1.29 is 19.5 Å². The van der Waals surface area contributed by atoms with Crippen LogP contribution in [0.15, 0.2) is 53.4 Å². The van der Waals surface area contributed by atoms with Crippen LogP contribution in [0.3, 0.4) is 0 Å². The van der Waals surface area contributed by atoms with Crippen LogP contribution in [0, 0.1) is 0 Å². The molecule has 0 aliphatic carbocycles. The van der Waals surface area contributed by atoms with Gasteiger partial charge in [-0.2, -0.15) is 0 Å². The van der Waals surface area contributed by atoms with Crippen LogP contribution in [-0.2, 0) is 9.59 Å². The maximum absolute atomic E-state index is 12.6. The van der Waals surface area contributed by atoms with Crippen LogP contribution in [0.25, 0.3) is 6.08 Å². The van der Waals surface area contributed by atoms with Crippen molar-refractivity contribution in [3.8, 4) is 5.75 Å². The second-order valence-electron chi connectivity index (χ2n) is 6.16. The fraction of sp³-hybridized carbons (Fsp3) is 0.100. The monoisotopic (exact) mass is 461 g/mol. The molecule has 154 valence electrons. The number of hydrazine groups is 1. The van der Waals surface area contributed by atoms with Crippen LogP contribution >= 0.6 is 35.6 Å². The highest BCUT2D eigenvalue weighted by molar-refractivity contribution is 8.26. The van der Waals surface area contributed by atoms with Gasteiger partial charge in [-0.1, -0.05) is 59.8 Å². The van der Waals surface area contributed by atoms with E-state index in [0.29, 0.717) is 19.8 Å². The maximum atomic E-state index is 12.6. The second-order valence-corrected chi connectivity index (χ2v) is 8.24. The molecule has 1 aliphatic heterocycles. The van der Waals surface area contributed by atoms with E-state index in [1.165, 1.54) is 29.2 Å². The predicted molar refractivity (Wildman–Crippen MR) is 120 cm³/mol. The van der Waals surface area contributed by atoms with E-state index in [9.17, 15) is 19.5 Å². The summed E-state index contributed by atoms with van der Waals surface area (Å²) >= 11 is 12.5. The zero-order chi connectivity index (χ0) is 21.7. The van der Waals surface area contributed by atoms with E-state index in [0.717, 1.165) is 11.8 Å². The number of carbonyl (C=O) groups excluding carboxylic acids is 3. The lowest BCUT2D eigenvalue weighted by atomic mass is 10.2. The molecule has 0 unspecified atom stereocenters. The lowest BCUT2D eigenvalue weighted by Gasteiger charge is -2.14. The van der Waals surface area contributed by atoms with Crippen molar-refractivity contribution in [2.24, 2.45) is 0 Å². The first-order valence-corrected chi connectivity index (χ1v) is 10.3. The molecule has 0 aromatic heterocycles. The molecule has 3 amide bonds. The zero-order valence-electron chi connectivity index (χ0n) is 15.4. The predicted octanol–water partition coefficient (Wildman–Crippen LogP) is 3.10. The van der Waals surface area contributed by atoms with Gasteiger partial charge < -0.3 is 5.11 Å². The Morgan fingerprint density at radius 2 is 1.93 bits per heavy atom. The van der Waals surface area contributed by atoms with Gasteiger partial charge >= 0.3 is 0 Å². The van der Waals surface area contributed by atoms with Crippen LogP contribution in [0.1, 0.15) is 22.3 Å². The Kier molecular flexibility index (Phi) is 7.09. The standard InChI is InChI=1S/C20H16ClN3O4S2/c21-15-7-2-1-4-12(15)11-16-19(28)24(20(29)30-16)9-8-17(26)22-23-18(27)13-5-3-6-14(25)10-13/h1-7,10-11,25H,8-9H2,(H,22,26)(H,23,27). The first-order valence-electron chi connectivity index (χ1n) is 8.73. The molecule has 0 atom stereocenters. The molecule has 1 fully saturated rings. The summed E-state index contributed by atoms with van der Waals surface area (Å²) in [5, 5.41) is 9.91. The average Bonchev–Trinajstić information content (AvgIpc) is 2.99. The molecule has 0 saturated carbocycles. The van der Waals surface area contributed by atoms with Crippen molar-refractivity contribution in [2.45, 2.75) is 6.42 Å². The van der Waals surface area contributed by atoms with Gasteiger partial charge in [0.2, 0.25) is 5.91 Å². The quantitative estimate of drug-likeness (QED) is 0.359. The number of nitrogens with one attached hydrogen (secondary N) is 2. The summed E-state index contributed by atoms with van der Waals surface area (Å²) in [4.78, 5) is 38.4. The van der Waals surface area contributed by atoms with Crippen molar-refractivity contribution in [3.05, 3.63) is 69.6 Å². The van der Waals surface area contributed by atoms with Gasteiger partial charge in [0.15, 0.2) is 0 Å². The van der Waals surface area contributed by atoms with E-state index in [1.807, 2.05) is 6.07 Å². The minimum Gasteiger partial charge on any atom is -0.508 e. The fourth-order valence-electron chi connectivity index (χ4n) is 2.55. The molecule has 2 aromatic carbocycles. The van der Waals surface area contributed by atoms with Crippen molar-refractivity contribution in [3.63, 3.8) is 0 Å². The number of phenolic OH excluding ortho intramolecular Hbond substituents is 1. The number of hydrogen-bond donors (Lipinski definition) is 3. The Labute approximate surface area is 187 Å². The maximum Gasteiger partial charge on any atom is 0.269 e. The summed E-state index contributed by atoms with van der Waals surface area (Å²) in [6.45, 7) is 0.0678. The second kappa shape index (κ2) is 9.75. The largest absolute Gasteiger partial charge is 0.508 e. The van der Waals surface area contributed by atoms with Gasteiger partial charge in [0.05, 0.1) is 4.91 Å². The number of benzene rings is 2. The molecule has 1 saturated heterocycles. The van der Waals surface area contributed by atoms with Crippen LogP contribution in [0.5, 0.6) is 5.75 Å². The number of hydrogen-bond acceptors (Lipinski definition) is 6. The summed E-state index contributed by atoms with van der Waals surface area (Å²) < 4.78 is 0.342. The first-order chi connectivity index (χ1) is 14.3. The molecule has 1 heterocycles. The van der Waals surface area contributed by atoms with E-state index in [-0.39, 0.29) is 30.2 Å². The Bertz CT molecular complexity index is 1060. The van der Waals surface area contributed by atoms with E-state index < -0.39 is 11.8 Å². The molecule has 0 spiro atoms. The summed E-state index contributed by atoms with van der Waals surface area (Å²) in [5.74, 6) is -1.44. The van der Waals surface area contributed by atoms with E-state index in [1.54, 1.807) is 24.3 Å². The molecule has 0 bridgehead atoms. The first kappa shape index (κ1) is 21.8. The average molecular weight is 462 g/mol. The van der Waals surface area contributed by atoms with Gasteiger partial charge in [-0.05, 0) is 35.9 Å². The number of rotatable bonds is 5. The molecule has 2 aromatic rings. The number of nitrogens with zero attached hydrogens (tertiary/aromatic N) is 1. The van der Waals surface area contributed by atoms with Gasteiger partial charge in [-0.3, -0.25) is 30.1 Å². The van der Waals surface area contributed by atoms with E-state index in [2.05, 4.69) is 10.9 Å². The summed E-state index contributed by atoms with van der Waals surface area (Å²) in [5.41, 5.74) is 5.42. The molecular weight excluding hydrogens is 446 g/mol. The van der Waals surface area contributed by atoms with Crippen molar-refractivity contribution in [2.75, 3.05) is 6.54 Å². The van der Waals surface area contributed by atoms with Crippen LogP contribution in [0.4, 0.5) is 0 Å². The number of phenols is 1. The smallest absolute Gasteiger partial charge is 0.269 e. The van der Waals surface area contributed by atoms with Gasteiger partial charge in [0, 0.05) is 23.6 Å². The summed E-state index contributed by atoms with van der Waals surface area (Å²) in [6.07, 6.45) is 1.60. The number of carbonyl (C=O) groups is 3. The molecule has 30 heavy (non-hydrogen) atoms. The number of halogens is 1. The minimum atomic E-state index is -0.576. The summed E-state index contributed by atoms with van der Waals surface area (Å²) in [7, 11) is 0. The Hall–Kier alpha value is -2.88.